The molecule has 0 spiro atoms. The number of benzene rings is 8. The van der Waals surface area contributed by atoms with Gasteiger partial charge in [0.05, 0.1) is 22.4 Å². The standard InChI is InChI=1S/C44H27N3/c1-3-12-29(13-4-1)37-27-38(30-14-5-2-6-15-30)46-44(45-37)31-21-24-32(25-22-31)47-39-19-9-17-34-35-26-23-28-11-7-8-16-33(28)41(35)36-18-10-20-40(47)43(36)42(34)39/h1-27H. The molecule has 218 valence electrons. The van der Waals surface area contributed by atoms with E-state index in [4.69, 9.17) is 9.97 Å². The summed E-state index contributed by atoms with van der Waals surface area (Å²) in [7, 11) is 0. The lowest BCUT2D eigenvalue weighted by atomic mass is 9.91. The van der Waals surface area contributed by atoms with E-state index in [-0.39, 0.29) is 0 Å². The summed E-state index contributed by atoms with van der Waals surface area (Å²) in [6.07, 6.45) is 0. The molecule has 0 saturated carbocycles. The Morgan fingerprint density at radius 3 is 1.60 bits per heavy atom. The molecule has 0 saturated heterocycles. The Balaban J connectivity index is 1.17. The van der Waals surface area contributed by atoms with Crippen LogP contribution in [0.1, 0.15) is 0 Å². The van der Waals surface area contributed by atoms with E-state index in [1.54, 1.807) is 0 Å². The second-order valence-corrected chi connectivity index (χ2v) is 12.2. The van der Waals surface area contributed by atoms with Crippen LogP contribution in [0.15, 0.2) is 164 Å². The summed E-state index contributed by atoms with van der Waals surface area (Å²) in [5.41, 5.74) is 8.48. The lowest BCUT2D eigenvalue weighted by Gasteiger charge is -2.11. The average Bonchev–Trinajstić information content (AvgIpc) is 3.50. The topological polar surface area (TPSA) is 30.7 Å². The summed E-state index contributed by atoms with van der Waals surface area (Å²) in [6.45, 7) is 0. The largest absolute Gasteiger partial charge is 0.309 e. The molecule has 2 aromatic heterocycles. The highest BCUT2D eigenvalue weighted by atomic mass is 15.0. The summed E-state index contributed by atoms with van der Waals surface area (Å²) in [4.78, 5) is 10.1. The van der Waals surface area contributed by atoms with Crippen molar-refractivity contribution in [2.75, 3.05) is 0 Å². The smallest absolute Gasteiger partial charge is 0.160 e. The van der Waals surface area contributed by atoms with Gasteiger partial charge in [0.15, 0.2) is 5.82 Å². The second kappa shape index (κ2) is 10.1. The Kier molecular flexibility index (Phi) is 5.57. The van der Waals surface area contributed by atoms with Crippen LogP contribution in [0.2, 0.25) is 0 Å². The molecule has 0 amide bonds. The van der Waals surface area contributed by atoms with Gasteiger partial charge in [-0.3, -0.25) is 0 Å². The minimum Gasteiger partial charge on any atom is -0.309 e. The van der Waals surface area contributed by atoms with Gasteiger partial charge in [0.2, 0.25) is 0 Å². The molecule has 3 heteroatoms. The van der Waals surface area contributed by atoms with E-state index in [1.807, 2.05) is 12.1 Å². The Morgan fingerprint density at radius 2 is 0.915 bits per heavy atom. The van der Waals surface area contributed by atoms with Crippen LogP contribution in [-0.4, -0.2) is 14.5 Å². The van der Waals surface area contributed by atoms with Gasteiger partial charge in [-0.15, -0.1) is 0 Å². The number of nitrogens with zero attached hydrogens (tertiary/aromatic N) is 3. The van der Waals surface area contributed by atoms with Crippen LogP contribution in [0.4, 0.5) is 0 Å². The van der Waals surface area contributed by atoms with Gasteiger partial charge in [0.1, 0.15) is 0 Å². The lowest BCUT2D eigenvalue weighted by Crippen LogP contribution is -1.97. The Bertz CT molecular complexity index is 2700. The SMILES string of the molecule is c1ccc(-c2cc(-c3ccccc3)nc(-c3ccc(-n4c5cccc6c7ccc8ccccc8c7c7cccc4c7c65)cc3)n2)cc1. The molecule has 0 fully saturated rings. The van der Waals surface area contributed by atoms with E-state index in [9.17, 15) is 0 Å². The summed E-state index contributed by atoms with van der Waals surface area (Å²) in [6, 6.07) is 58.2. The Hall–Kier alpha value is -6.32. The highest BCUT2D eigenvalue weighted by molar-refractivity contribution is 6.37. The Morgan fingerprint density at radius 1 is 0.362 bits per heavy atom. The first-order valence-corrected chi connectivity index (χ1v) is 16.0. The molecule has 2 heterocycles. The van der Waals surface area contributed by atoms with Gasteiger partial charge in [-0.05, 0) is 74.8 Å². The van der Waals surface area contributed by atoms with Gasteiger partial charge in [-0.25, -0.2) is 9.97 Å². The van der Waals surface area contributed by atoms with Crippen LogP contribution in [0.3, 0.4) is 0 Å². The predicted octanol–water partition coefficient (Wildman–Crippen LogP) is 11.5. The molecule has 10 aromatic rings. The highest BCUT2D eigenvalue weighted by Crippen LogP contribution is 2.45. The monoisotopic (exact) mass is 597 g/mol. The molecule has 8 aromatic carbocycles. The summed E-state index contributed by atoms with van der Waals surface area (Å²) >= 11 is 0. The van der Waals surface area contributed by atoms with Crippen LogP contribution in [0, 0.1) is 0 Å². The van der Waals surface area contributed by atoms with Gasteiger partial charge in [-0.1, -0.05) is 121 Å². The zero-order valence-corrected chi connectivity index (χ0v) is 25.4. The normalized spacial score (nSPS) is 11.8. The molecule has 0 radical (unpaired) electrons. The zero-order valence-electron chi connectivity index (χ0n) is 25.4. The molecule has 10 rings (SSSR count). The minimum absolute atomic E-state index is 0.712. The van der Waals surface area contributed by atoms with Gasteiger partial charge >= 0.3 is 0 Å². The molecule has 0 N–H and O–H groups in total. The van der Waals surface area contributed by atoms with Crippen molar-refractivity contribution in [1.82, 2.24) is 14.5 Å². The quantitative estimate of drug-likeness (QED) is 0.189. The number of aromatic nitrogens is 3. The van der Waals surface area contributed by atoms with Crippen LogP contribution >= 0.6 is 0 Å². The van der Waals surface area contributed by atoms with Crippen molar-refractivity contribution in [1.29, 1.82) is 0 Å². The van der Waals surface area contributed by atoms with Crippen molar-refractivity contribution in [2.24, 2.45) is 0 Å². The average molecular weight is 598 g/mol. The number of rotatable bonds is 4. The van der Waals surface area contributed by atoms with Crippen LogP contribution in [0.25, 0.3) is 93.7 Å². The van der Waals surface area contributed by atoms with Crippen molar-refractivity contribution in [3.05, 3.63) is 164 Å². The minimum atomic E-state index is 0.712. The fourth-order valence-electron chi connectivity index (χ4n) is 7.45. The van der Waals surface area contributed by atoms with E-state index < -0.39 is 0 Å². The maximum atomic E-state index is 5.05. The molecular weight excluding hydrogens is 571 g/mol. The zero-order chi connectivity index (χ0) is 30.9. The maximum Gasteiger partial charge on any atom is 0.160 e. The van der Waals surface area contributed by atoms with Gasteiger partial charge in [-0.2, -0.15) is 0 Å². The van der Waals surface area contributed by atoms with Crippen molar-refractivity contribution in [2.45, 2.75) is 0 Å². The molecule has 0 aliphatic heterocycles. The molecule has 0 atom stereocenters. The van der Waals surface area contributed by atoms with E-state index in [2.05, 4.69) is 156 Å². The van der Waals surface area contributed by atoms with E-state index >= 15 is 0 Å². The maximum absolute atomic E-state index is 5.05. The first-order valence-electron chi connectivity index (χ1n) is 16.0. The Labute approximate surface area is 271 Å². The second-order valence-electron chi connectivity index (χ2n) is 12.2. The number of hydrogen-bond donors (Lipinski definition) is 0. The number of fused-ring (bicyclic) bond motifs is 5. The van der Waals surface area contributed by atoms with Crippen LogP contribution in [-0.2, 0) is 0 Å². The summed E-state index contributed by atoms with van der Waals surface area (Å²) < 4.78 is 2.41. The van der Waals surface area contributed by atoms with Crippen LogP contribution in [0.5, 0.6) is 0 Å². The van der Waals surface area contributed by atoms with Gasteiger partial charge in [0, 0.05) is 33.2 Å². The van der Waals surface area contributed by atoms with Gasteiger partial charge in [0.25, 0.3) is 0 Å². The third-order valence-electron chi connectivity index (χ3n) is 9.55. The third kappa shape index (κ3) is 3.93. The fourth-order valence-corrected chi connectivity index (χ4v) is 7.45. The van der Waals surface area contributed by atoms with Crippen molar-refractivity contribution in [3.8, 4) is 39.6 Å². The lowest BCUT2D eigenvalue weighted by molar-refractivity contribution is 1.16. The highest BCUT2D eigenvalue weighted by Gasteiger charge is 2.20. The molecule has 0 bridgehead atoms. The molecule has 0 aliphatic rings. The first-order chi connectivity index (χ1) is 23.3. The fraction of sp³-hybridized carbons (Fsp3) is 0. The van der Waals surface area contributed by atoms with Gasteiger partial charge < -0.3 is 4.57 Å². The molecule has 47 heavy (non-hydrogen) atoms. The third-order valence-corrected chi connectivity index (χ3v) is 9.55. The van der Waals surface area contributed by atoms with Crippen LogP contribution < -0.4 is 0 Å². The molecule has 0 unspecified atom stereocenters. The van der Waals surface area contributed by atoms with Crippen molar-refractivity contribution < 1.29 is 0 Å². The van der Waals surface area contributed by atoms with E-state index in [0.717, 1.165) is 33.8 Å². The van der Waals surface area contributed by atoms with E-state index in [0.29, 0.717) is 5.82 Å². The molecule has 3 nitrogen and oxygen atoms in total. The summed E-state index contributed by atoms with van der Waals surface area (Å²) in [5.74, 6) is 0.712. The van der Waals surface area contributed by atoms with E-state index in [1.165, 1.54) is 54.1 Å². The number of hydrogen-bond acceptors (Lipinski definition) is 2. The molecular formula is C44H27N3. The predicted molar refractivity (Wildman–Crippen MR) is 196 cm³/mol. The van der Waals surface area contributed by atoms with Crippen molar-refractivity contribution >= 4 is 54.1 Å². The first kappa shape index (κ1) is 26.0. The summed E-state index contributed by atoms with van der Waals surface area (Å²) in [5, 5.41) is 10.4. The van der Waals surface area contributed by atoms with Crippen molar-refractivity contribution in [3.63, 3.8) is 0 Å². The molecule has 0 aliphatic carbocycles.